The molecule has 7 nitrogen and oxygen atoms in total. The molecule has 2 aromatic rings. The summed E-state index contributed by atoms with van der Waals surface area (Å²) >= 11 is 5.65. The Hall–Kier alpha value is -1.93. The van der Waals surface area contributed by atoms with Crippen molar-refractivity contribution in [2.75, 3.05) is 0 Å². The molecule has 2 rings (SSSR count). The third-order valence-corrected chi connectivity index (χ3v) is 3.69. The SMILES string of the molecule is Cn1cc(C(=O)NS(=O)(=O)c2cncc(Cl)c2)cn1. The number of pyridine rings is 1. The van der Waals surface area contributed by atoms with E-state index in [2.05, 4.69) is 10.1 Å². The van der Waals surface area contributed by atoms with Gasteiger partial charge in [0.25, 0.3) is 15.9 Å². The van der Waals surface area contributed by atoms with E-state index in [0.29, 0.717) is 0 Å². The molecular formula is C10H9ClN4O3S. The lowest BCUT2D eigenvalue weighted by atomic mass is 10.4. The fourth-order valence-electron chi connectivity index (χ4n) is 1.32. The summed E-state index contributed by atoms with van der Waals surface area (Å²) in [7, 11) is -2.39. The summed E-state index contributed by atoms with van der Waals surface area (Å²) in [6, 6.07) is 1.20. The van der Waals surface area contributed by atoms with E-state index >= 15 is 0 Å². The van der Waals surface area contributed by atoms with Crippen LogP contribution in [0.4, 0.5) is 0 Å². The molecule has 0 saturated carbocycles. The third-order valence-electron chi connectivity index (χ3n) is 2.18. The van der Waals surface area contributed by atoms with Gasteiger partial charge in [0.1, 0.15) is 4.90 Å². The predicted molar refractivity (Wildman–Crippen MR) is 67.1 cm³/mol. The number of nitrogens with zero attached hydrogens (tertiary/aromatic N) is 3. The van der Waals surface area contributed by atoms with Gasteiger partial charge in [0.15, 0.2) is 0 Å². The zero-order valence-electron chi connectivity index (χ0n) is 9.74. The predicted octanol–water partition coefficient (Wildman–Crippen LogP) is 0.587. The van der Waals surface area contributed by atoms with Crippen molar-refractivity contribution in [3.8, 4) is 0 Å². The number of rotatable bonds is 3. The first-order chi connectivity index (χ1) is 8.88. The fraction of sp³-hybridized carbons (Fsp3) is 0.100. The average molecular weight is 301 g/mol. The topological polar surface area (TPSA) is 94.0 Å². The van der Waals surface area contributed by atoms with Crippen molar-refractivity contribution in [2.45, 2.75) is 4.90 Å². The van der Waals surface area contributed by atoms with E-state index in [1.165, 1.54) is 29.3 Å². The van der Waals surface area contributed by atoms with Crippen LogP contribution in [0.25, 0.3) is 0 Å². The summed E-state index contributed by atoms with van der Waals surface area (Å²) in [4.78, 5) is 15.2. The van der Waals surface area contributed by atoms with Crippen LogP contribution in [0, 0.1) is 0 Å². The lowest BCUT2D eigenvalue weighted by molar-refractivity contribution is 0.0981. The van der Waals surface area contributed by atoms with Gasteiger partial charge in [-0.3, -0.25) is 14.5 Å². The summed E-state index contributed by atoms with van der Waals surface area (Å²) in [5, 5.41) is 3.95. The second-order valence-corrected chi connectivity index (χ2v) is 5.80. The van der Waals surface area contributed by atoms with Gasteiger partial charge in [0.05, 0.1) is 16.8 Å². The minimum absolute atomic E-state index is 0.140. The van der Waals surface area contributed by atoms with Gasteiger partial charge in [-0.05, 0) is 6.07 Å². The maximum atomic E-state index is 11.9. The molecule has 0 aliphatic carbocycles. The molecule has 0 aliphatic rings. The maximum absolute atomic E-state index is 11.9. The van der Waals surface area contributed by atoms with Crippen LogP contribution in [0.5, 0.6) is 0 Å². The zero-order valence-corrected chi connectivity index (χ0v) is 11.3. The van der Waals surface area contributed by atoms with Crippen molar-refractivity contribution in [3.63, 3.8) is 0 Å². The zero-order chi connectivity index (χ0) is 14.0. The second-order valence-electron chi connectivity index (χ2n) is 3.68. The van der Waals surface area contributed by atoms with E-state index in [0.717, 1.165) is 6.20 Å². The molecule has 0 spiro atoms. The monoisotopic (exact) mass is 300 g/mol. The van der Waals surface area contributed by atoms with Crippen molar-refractivity contribution in [1.29, 1.82) is 0 Å². The van der Waals surface area contributed by atoms with Crippen molar-refractivity contribution in [1.82, 2.24) is 19.5 Å². The summed E-state index contributed by atoms with van der Waals surface area (Å²) < 4.78 is 27.1. The molecule has 0 radical (unpaired) electrons. The molecule has 0 unspecified atom stereocenters. The lowest BCUT2D eigenvalue weighted by Gasteiger charge is -2.05. The van der Waals surface area contributed by atoms with E-state index in [1.807, 2.05) is 4.72 Å². The highest BCUT2D eigenvalue weighted by molar-refractivity contribution is 7.90. The smallest absolute Gasteiger partial charge is 0.268 e. The molecule has 0 aromatic carbocycles. The summed E-state index contributed by atoms with van der Waals surface area (Å²) in [5.74, 6) is -0.770. The van der Waals surface area contributed by atoms with Gasteiger partial charge in [-0.15, -0.1) is 0 Å². The van der Waals surface area contributed by atoms with E-state index < -0.39 is 15.9 Å². The van der Waals surface area contributed by atoms with E-state index in [1.54, 1.807) is 7.05 Å². The highest BCUT2D eigenvalue weighted by atomic mass is 35.5. The number of hydrogen-bond acceptors (Lipinski definition) is 5. The van der Waals surface area contributed by atoms with Gasteiger partial charge >= 0.3 is 0 Å². The molecule has 100 valence electrons. The minimum Gasteiger partial charge on any atom is -0.275 e. The largest absolute Gasteiger partial charge is 0.275 e. The number of sulfonamides is 1. The number of amides is 1. The first kappa shape index (κ1) is 13.5. The van der Waals surface area contributed by atoms with Crippen LogP contribution in [-0.2, 0) is 17.1 Å². The molecule has 0 atom stereocenters. The Morgan fingerprint density at radius 1 is 1.37 bits per heavy atom. The molecule has 1 amide bonds. The van der Waals surface area contributed by atoms with Gasteiger partial charge < -0.3 is 0 Å². The van der Waals surface area contributed by atoms with Crippen LogP contribution in [0.2, 0.25) is 5.02 Å². The first-order valence-corrected chi connectivity index (χ1v) is 6.91. The van der Waals surface area contributed by atoms with E-state index in [9.17, 15) is 13.2 Å². The number of aromatic nitrogens is 3. The van der Waals surface area contributed by atoms with Crippen molar-refractivity contribution in [3.05, 3.63) is 41.4 Å². The fourth-order valence-corrected chi connectivity index (χ4v) is 2.52. The molecular weight excluding hydrogens is 292 g/mol. The normalized spacial score (nSPS) is 11.3. The second kappa shape index (κ2) is 4.98. The van der Waals surface area contributed by atoms with Crippen molar-refractivity contribution < 1.29 is 13.2 Å². The number of nitrogens with one attached hydrogen (secondary N) is 1. The number of halogens is 1. The van der Waals surface area contributed by atoms with Crippen LogP contribution in [0.3, 0.4) is 0 Å². The van der Waals surface area contributed by atoms with Gasteiger partial charge in [-0.2, -0.15) is 5.10 Å². The Bertz CT molecular complexity index is 726. The Labute approximate surface area is 114 Å². The Kier molecular flexibility index (Phi) is 3.54. The molecule has 9 heteroatoms. The summed E-state index contributed by atoms with van der Waals surface area (Å²) in [5.41, 5.74) is 0.140. The molecule has 19 heavy (non-hydrogen) atoms. The average Bonchev–Trinajstić information content (AvgIpc) is 2.75. The highest BCUT2D eigenvalue weighted by Crippen LogP contribution is 2.13. The molecule has 0 bridgehead atoms. The number of aryl methyl sites for hydroxylation is 1. The number of carbonyl (C=O) groups excluding carboxylic acids is 1. The quantitative estimate of drug-likeness (QED) is 0.895. The molecule has 0 aliphatic heterocycles. The molecule has 0 fully saturated rings. The van der Waals surface area contributed by atoms with E-state index in [4.69, 9.17) is 11.6 Å². The first-order valence-electron chi connectivity index (χ1n) is 5.05. The standard InChI is InChI=1S/C10H9ClN4O3S/c1-15-6-7(3-13-15)10(16)14-19(17,18)9-2-8(11)4-12-5-9/h2-6H,1H3,(H,14,16). The molecule has 2 aromatic heterocycles. The minimum atomic E-state index is -4.00. The Morgan fingerprint density at radius 2 is 2.11 bits per heavy atom. The van der Waals surface area contributed by atoms with Crippen LogP contribution >= 0.6 is 11.6 Å². The van der Waals surface area contributed by atoms with Crippen molar-refractivity contribution >= 4 is 27.5 Å². The van der Waals surface area contributed by atoms with Crippen molar-refractivity contribution in [2.24, 2.45) is 7.05 Å². The maximum Gasteiger partial charge on any atom is 0.268 e. The molecule has 2 heterocycles. The van der Waals surface area contributed by atoms with Crippen LogP contribution < -0.4 is 4.72 Å². The number of carbonyl (C=O) groups is 1. The Morgan fingerprint density at radius 3 is 2.68 bits per heavy atom. The van der Waals surface area contributed by atoms with Gasteiger partial charge in [0, 0.05) is 25.6 Å². The van der Waals surface area contributed by atoms with Gasteiger partial charge in [0.2, 0.25) is 0 Å². The highest BCUT2D eigenvalue weighted by Gasteiger charge is 2.20. The van der Waals surface area contributed by atoms with Gasteiger partial charge in [-0.25, -0.2) is 13.1 Å². The molecule has 1 N–H and O–H groups in total. The Balaban J connectivity index is 2.25. The van der Waals surface area contributed by atoms with Crippen LogP contribution in [0.15, 0.2) is 35.7 Å². The van der Waals surface area contributed by atoms with Gasteiger partial charge in [-0.1, -0.05) is 11.6 Å². The summed E-state index contributed by atoms with van der Waals surface area (Å²) in [6.45, 7) is 0. The van der Waals surface area contributed by atoms with Crippen LogP contribution in [0.1, 0.15) is 10.4 Å². The number of hydrogen-bond donors (Lipinski definition) is 1. The lowest BCUT2D eigenvalue weighted by Crippen LogP contribution is -2.30. The third kappa shape index (κ3) is 3.09. The van der Waals surface area contributed by atoms with Crippen LogP contribution in [-0.4, -0.2) is 29.1 Å². The van der Waals surface area contributed by atoms with E-state index in [-0.39, 0.29) is 15.5 Å². The molecule has 0 saturated heterocycles. The summed E-state index contributed by atoms with van der Waals surface area (Å²) in [6.07, 6.45) is 5.07.